The van der Waals surface area contributed by atoms with E-state index < -0.39 is 6.10 Å². The maximum Gasteiger partial charge on any atom is 0.265 e. The average molecular weight is 291 g/mol. The monoisotopic (exact) mass is 291 g/mol. The van der Waals surface area contributed by atoms with E-state index >= 15 is 0 Å². The summed E-state index contributed by atoms with van der Waals surface area (Å²) in [6.07, 6.45) is 1.55. The Morgan fingerprint density at radius 3 is 3.00 bits per heavy atom. The van der Waals surface area contributed by atoms with Gasteiger partial charge in [0.25, 0.3) is 5.91 Å². The van der Waals surface area contributed by atoms with Crippen molar-refractivity contribution >= 4 is 23.2 Å². The first kappa shape index (κ1) is 15.3. The number of carbonyl (C=O) groups is 2. The Balaban J connectivity index is 2.01. The number of benzene rings is 1. The number of hydrogen-bond acceptors (Lipinski definition) is 4. The largest absolute Gasteiger partial charge is 0.479 e. The van der Waals surface area contributed by atoms with Crippen LogP contribution >= 0.6 is 0 Å². The molecule has 1 aliphatic rings. The third-order valence-electron chi connectivity index (χ3n) is 3.30. The van der Waals surface area contributed by atoms with Crippen LogP contribution in [0.2, 0.25) is 0 Å². The molecule has 2 amide bonds. The van der Waals surface area contributed by atoms with Gasteiger partial charge < -0.3 is 21.1 Å². The highest BCUT2D eigenvalue weighted by molar-refractivity contribution is 5.99. The Bertz CT molecular complexity index is 545. The van der Waals surface area contributed by atoms with Gasteiger partial charge in [0.05, 0.1) is 5.69 Å². The molecule has 0 bridgehead atoms. The fourth-order valence-electron chi connectivity index (χ4n) is 2.21. The lowest BCUT2D eigenvalue weighted by molar-refractivity contribution is -0.122. The molecule has 6 heteroatoms. The summed E-state index contributed by atoms with van der Waals surface area (Å²) in [5, 5.41) is 5.53. The molecule has 1 aromatic carbocycles. The van der Waals surface area contributed by atoms with Crippen LogP contribution in [0.1, 0.15) is 33.1 Å². The summed E-state index contributed by atoms with van der Waals surface area (Å²) in [6, 6.07) is 5.03. The molecule has 1 heterocycles. The van der Waals surface area contributed by atoms with E-state index in [4.69, 9.17) is 10.5 Å². The number of amides is 2. The first-order chi connectivity index (χ1) is 9.99. The summed E-state index contributed by atoms with van der Waals surface area (Å²) < 4.78 is 5.46. The van der Waals surface area contributed by atoms with Crippen LogP contribution in [0.3, 0.4) is 0 Å². The van der Waals surface area contributed by atoms with Gasteiger partial charge in [0.15, 0.2) is 6.10 Å². The third-order valence-corrected chi connectivity index (χ3v) is 3.30. The number of ether oxygens (including phenoxy) is 1. The minimum Gasteiger partial charge on any atom is -0.479 e. The highest BCUT2D eigenvalue weighted by Crippen LogP contribution is 2.32. The molecule has 0 fully saturated rings. The SMILES string of the molecule is CCCC(N)CC(=O)Nc1ccc2c(c1)NC(=O)C(C)O2. The van der Waals surface area contributed by atoms with E-state index in [0.717, 1.165) is 12.8 Å². The van der Waals surface area contributed by atoms with Crippen LogP contribution in [-0.2, 0) is 9.59 Å². The molecule has 0 spiro atoms. The van der Waals surface area contributed by atoms with Crippen LogP contribution in [0.25, 0.3) is 0 Å². The van der Waals surface area contributed by atoms with E-state index in [-0.39, 0.29) is 24.3 Å². The predicted octanol–water partition coefficient (Wildman–Crippen LogP) is 1.86. The molecule has 2 unspecified atom stereocenters. The molecule has 0 radical (unpaired) electrons. The Hall–Kier alpha value is -2.08. The highest BCUT2D eigenvalue weighted by atomic mass is 16.5. The molecule has 21 heavy (non-hydrogen) atoms. The van der Waals surface area contributed by atoms with Gasteiger partial charge in [-0.3, -0.25) is 9.59 Å². The number of nitrogens with one attached hydrogen (secondary N) is 2. The molecule has 114 valence electrons. The molecular formula is C15H21N3O3. The summed E-state index contributed by atoms with van der Waals surface area (Å²) in [6.45, 7) is 3.72. The maximum absolute atomic E-state index is 11.9. The zero-order chi connectivity index (χ0) is 15.4. The lowest BCUT2D eigenvalue weighted by Gasteiger charge is -2.23. The molecule has 2 atom stereocenters. The van der Waals surface area contributed by atoms with Crippen LogP contribution < -0.4 is 21.1 Å². The molecule has 0 saturated carbocycles. The zero-order valence-electron chi connectivity index (χ0n) is 12.3. The van der Waals surface area contributed by atoms with Crippen molar-refractivity contribution in [3.8, 4) is 5.75 Å². The van der Waals surface area contributed by atoms with Crippen molar-refractivity contribution in [3.05, 3.63) is 18.2 Å². The van der Waals surface area contributed by atoms with Gasteiger partial charge in [0.1, 0.15) is 5.75 Å². The van der Waals surface area contributed by atoms with Crippen LogP contribution in [0.4, 0.5) is 11.4 Å². The van der Waals surface area contributed by atoms with E-state index in [0.29, 0.717) is 17.1 Å². The average Bonchev–Trinajstić information content (AvgIpc) is 2.40. The Kier molecular flexibility index (Phi) is 4.80. The normalized spacial score (nSPS) is 18.2. The van der Waals surface area contributed by atoms with E-state index in [1.165, 1.54) is 0 Å². The van der Waals surface area contributed by atoms with Crippen LogP contribution in [0.15, 0.2) is 18.2 Å². The molecule has 0 aliphatic carbocycles. The predicted molar refractivity (Wildman–Crippen MR) is 81.3 cm³/mol. The van der Waals surface area contributed by atoms with Crippen molar-refractivity contribution in [1.29, 1.82) is 0 Å². The molecule has 1 aromatic rings. The highest BCUT2D eigenvalue weighted by Gasteiger charge is 2.23. The Morgan fingerprint density at radius 2 is 2.29 bits per heavy atom. The van der Waals surface area contributed by atoms with Gasteiger partial charge in [-0.05, 0) is 31.5 Å². The van der Waals surface area contributed by atoms with Crippen molar-refractivity contribution < 1.29 is 14.3 Å². The number of nitrogens with two attached hydrogens (primary N) is 1. The van der Waals surface area contributed by atoms with Gasteiger partial charge in [0, 0.05) is 18.2 Å². The van der Waals surface area contributed by atoms with Gasteiger partial charge >= 0.3 is 0 Å². The Morgan fingerprint density at radius 1 is 1.52 bits per heavy atom. The number of fused-ring (bicyclic) bond motifs is 1. The van der Waals surface area contributed by atoms with Gasteiger partial charge in [-0.2, -0.15) is 0 Å². The van der Waals surface area contributed by atoms with Crippen molar-refractivity contribution in [1.82, 2.24) is 0 Å². The molecular weight excluding hydrogens is 270 g/mol. The van der Waals surface area contributed by atoms with E-state index in [2.05, 4.69) is 10.6 Å². The van der Waals surface area contributed by atoms with Gasteiger partial charge in [-0.1, -0.05) is 13.3 Å². The number of hydrogen-bond donors (Lipinski definition) is 3. The standard InChI is InChI=1S/C15H21N3O3/c1-3-4-10(16)7-14(19)17-11-5-6-13-12(8-11)18-15(20)9(2)21-13/h5-6,8-10H,3-4,7,16H2,1-2H3,(H,17,19)(H,18,20). The summed E-state index contributed by atoms with van der Waals surface area (Å²) in [5.74, 6) is 0.269. The summed E-state index contributed by atoms with van der Waals surface area (Å²) >= 11 is 0. The molecule has 1 aliphatic heterocycles. The van der Waals surface area contributed by atoms with Gasteiger partial charge in [0.2, 0.25) is 5.91 Å². The molecule has 4 N–H and O–H groups in total. The maximum atomic E-state index is 11.9. The van der Waals surface area contributed by atoms with Gasteiger partial charge in [-0.15, -0.1) is 0 Å². The second-order valence-corrected chi connectivity index (χ2v) is 5.26. The summed E-state index contributed by atoms with van der Waals surface area (Å²) in [4.78, 5) is 23.4. The Labute approximate surface area is 124 Å². The van der Waals surface area contributed by atoms with Crippen LogP contribution in [0, 0.1) is 0 Å². The fraction of sp³-hybridized carbons (Fsp3) is 0.467. The number of carbonyl (C=O) groups excluding carboxylic acids is 2. The molecule has 2 rings (SSSR count). The quantitative estimate of drug-likeness (QED) is 0.772. The van der Waals surface area contributed by atoms with Gasteiger partial charge in [-0.25, -0.2) is 0 Å². The van der Waals surface area contributed by atoms with E-state index in [1.807, 2.05) is 6.92 Å². The van der Waals surface area contributed by atoms with Crippen molar-refractivity contribution in [3.63, 3.8) is 0 Å². The second-order valence-electron chi connectivity index (χ2n) is 5.26. The second kappa shape index (κ2) is 6.58. The fourth-order valence-corrected chi connectivity index (χ4v) is 2.21. The molecule has 0 aromatic heterocycles. The first-order valence-corrected chi connectivity index (χ1v) is 7.16. The smallest absolute Gasteiger partial charge is 0.265 e. The number of rotatable bonds is 5. The zero-order valence-corrected chi connectivity index (χ0v) is 12.3. The molecule has 6 nitrogen and oxygen atoms in total. The topological polar surface area (TPSA) is 93.5 Å². The first-order valence-electron chi connectivity index (χ1n) is 7.16. The third kappa shape index (κ3) is 3.95. The van der Waals surface area contributed by atoms with Crippen molar-refractivity contribution in [2.45, 2.75) is 45.3 Å². The van der Waals surface area contributed by atoms with Crippen LogP contribution in [0.5, 0.6) is 5.75 Å². The lowest BCUT2D eigenvalue weighted by atomic mass is 10.1. The number of anilines is 2. The van der Waals surface area contributed by atoms with E-state index in [9.17, 15) is 9.59 Å². The minimum atomic E-state index is -0.509. The molecule has 0 saturated heterocycles. The van der Waals surface area contributed by atoms with E-state index in [1.54, 1.807) is 25.1 Å². The van der Waals surface area contributed by atoms with Crippen molar-refractivity contribution in [2.24, 2.45) is 5.73 Å². The summed E-state index contributed by atoms with van der Waals surface area (Å²) in [5.41, 5.74) is 7.02. The lowest BCUT2D eigenvalue weighted by Crippen LogP contribution is -2.34. The van der Waals surface area contributed by atoms with Crippen LogP contribution in [-0.4, -0.2) is 24.0 Å². The van der Waals surface area contributed by atoms with Crippen molar-refractivity contribution in [2.75, 3.05) is 10.6 Å². The summed E-state index contributed by atoms with van der Waals surface area (Å²) in [7, 11) is 0. The minimum absolute atomic E-state index is 0.128.